The Morgan fingerprint density at radius 3 is 2.67 bits per heavy atom. The summed E-state index contributed by atoms with van der Waals surface area (Å²) in [5.74, 6) is 0.835. The molecule has 0 unspecified atom stereocenters. The minimum absolute atomic E-state index is 0.308. The summed E-state index contributed by atoms with van der Waals surface area (Å²) >= 11 is 6.14. The maximum Gasteiger partial charge on any atom is 0.120 e. The standard InChI is InChI=1S/C19H25ClN2O2/c1-15(23)12-21-9-10-22-13-16-5-4-7-18(11-16)24-14-17-6-2-3-8-19(17)20/h2-8,11,15,21-23H,9-10,12-14H2,1H3/t15-/m0/s1. The molecule has 0 bridgehead atoms. The van der Waals surface area contributed by atoms with E-state index in [1.54, 1.807) is 6.92 Å². The molecule has 24 heavy (non-hydrogen) atoms. The van der Waals surface area contributed by atoms with Gasteiger partial charge < -0.3 is 20.5 Å². The van der Waals surface area contributed by atoms with E-state index < -0.39 is 0 Å². The highest BCUT2D eigenvalue weighted by molar-refractivity contribution is 6.31. The van der Waals surface area contributed by atoms with Crippen molar-refractivity contribution in [1.29, 1.82) is 0 Å². The maximum absolute atomic E-state index is 9.16. The quantitative estimate of drug-likeness (QED) is 0.578. The third-order valence-electron chi connectivity index (χ3n) is 3.50. The van der Waals surface area contributed by atoms with Crippen LogP contribution >= 0.6 is 11.6 Å². The average molecular weight is 349 g/mol. The minimum Gasteiger partial charge on any atom is -0.489 e. The van der Waals surface area contributed by atoms with Crippen LogP contribution in [0.25, 0.3) is 0 Å². The zero-order chi connectivity index (χ0) is 17.2. The van der Waals surface area contributed by atoms with Crippen LogP contribution in [0.3, 0.4) is 0 Å². The van der Waals surface area contributed by atoms with Crippen molar-refractivity contribution < 1.29 is 9.84 Å². The van der Waals surface area contributed by atoms with Crippen LogP contribution in [-0.4, -0.2) is 30.8 Å². The van der Waals surface area contributed by atoms with Crippen LogP contribution < -0.4 is 15.4 Å². The molecule has 0 aromatic heterocycles. The number of ether oxygens (including phenoxy) is 1. The van der Waals surface area contributed by atoms with Gasteiger partial charge in [0.25, 0.3) is 0 Å². The molecule has 0 spiro atoms. The molecule has 4 nitrogen and oxygen atoms in total. The third kappa shape index (κ3) is 6.89. The van der Waals surface area contributed by atoms with Gasteiger partial charge in [-0.3, -0.25) is 0 Å². The lowest BCUT2D eigenvalue weighted by molar-refractivity contribution is 0.191. The molecule has 0 saturated heterocycles. The van der Waals surface area contributed by atoms with Gasteiger partial charge in [0.15, 0.2) is 0 Å². The molecule has 0 aliphatic carbocycles. The summed E-state index contributed by atoms with van der Waals surface area (Å²) in [6.07, 6.45) is -0.308. The molecule has 0 radical (unpaired) electrons. The fourth-order valence-corrected chi connectivity index (χ4v) is 2.43. The van der Waals surface area contributed by atoms with Gasteiger partial charge in [0.2, 0.25) is 0 Å². The molecule has 5 heteroatoms. The SMILES string of the molecule is C[C@H](O)CNCCNCc1cccc(OCc2ccccc2Cl)c1. The van der Waals surface area contributed by atoms with E-state index in [9.17, 15) is 0 Å². The van der Waals surface area contributed by atoms with Crippen LogP contribution in [0.4, 0.5) is 0 Å². The normalized spacial score (nSPS) is 12.1. The Morgan fingerprint density at radius 1 is 1.08 bits per heavy atom. The number of benzene rings is 2. The summed E-state index contributed by atoms with van der Waals surface area (Å²) in [6.45, 7) is 5.30. The highest BCUT2D eigenvalue weighted by Gasteiger charge is 2.02. The van der Waals surface area contributed by atoms with Gasteiger partial charge in [0.05, 0.1) is 6.10 Å². The lowest BCUT2D eigenvalue weighted by Crippen LogP contribution is -2.31. The first-order valence-electron chi connectivity index (χ1n) is 8.20. The van der Waals surface area contributed by atoms with Crippen LogP contribution in [0.2, 0.25) is 5.02 Å². The number of hydrogen-bond donors (Lipinski definition) is 3. The zero-order valence-electron chi connectivity index (χ0n) is 14.0. The first kappa shape index (κ1) is 18.7. The second-order valence-electron chi connectivity index (χ2n) is 5.76. The van der Waals surface area contributed by atoms with Crippen molar-refractivity contribution in [3.8, 4) is 5.75 Å². The molecule has 2 rings (SSSR count). The highest BCUT2D eigenvalue weighted by Crippen LogP contribution is 2.19. The second kappa shape index (κ2) is 10.3. The lowest BCUT2D eigenvalue weighted by Gasteiger charge is -2.10. The van der Waals surface area contributed by atoms with E-state index in [4.69, 9.17) is 21.4 Å². The number of aliphatic hydroxyl groups excluding tert-OH is 1. The molecule has 2 aromatic carbocycles. The summed E-state index contributed by atoms with van der Waals surface area (Å²) in [5.41, 5.74) is 2.15. The Labute approximate surface area is 148 Å². The Bertz CT molecular complexity index is 620. The van der Waals surface area contributed by atoms with Gasteiger partial charge in [0, 0.05) is 36.8 Å². The van der Waals surface area contributed by atoms with Gasteiger partial charge in [-0.25, -0.2) is 0 Å². The summed E-state index contributed by atoms with van der Waals surface area (Å²) in [5, 5.41) is 16.4. The van der Waals surface area contributed by atoms with Crippen LogP contribution in [0, 0.1) is 0 Å². The number of hydrogen-bond acceptors (Lipinski definition) is 4. The van der Waals surface area contributed by atoms with Gasteiger partial charge in [-0.2, -0.15) is 0 Å². The van der Waals surface area contributed by atoms with Crippen molar-refractivity contribution in [2.45, 2.75) is 26.2 Å². The number of nitrogens with one attached hydrogen (secondary N) is 2. The lowest BCUT2D eigenvalue weighted by atomic mass is 10.2. The number of aliphatic hydroxyl groups is 1. The summed E-state index contributed by atoms with van der Waals surface area (Å²) < 4.78 is 5.83. The largest absolute Gasteiger partial charge is 0.489 e. The molecule has 0 aliphatic heterocycles. The topological polar surface area (TPSA) is 53.5 Å². The van der Waals surface area contributed by atoms with Gasteiger partial charge >= 0.3 is 0 Å². The predicted molar refractivity (Wildman–Crippen MR) is 98.5 cm³/mol. The first-order valence-corrected chi connectivity index (χ1v) is 8.57. The van der Waals surface area contributed by atoms with Crippen molar-refractivity contribution in [3.05, 3.63) is 64.7 Å². The molecule has 1 atom stereocenters. The van der Waals surface area contributed by atoms with Crippen LogP contribution in [-0.2, 0) is 13.2 Å². The Kier molecular flexibility index (Phi) is 8.05. The minimum atomic E-state index is -0.308. The van der Waals surface area contributed by atoms with E-state index in [0.717, 1.165) is 36.0 Å². The van der Waals surface area contributed by atoms with E-state index >= 15 is 0 Å². The van der Waals surface area contributed by atoms with Gasteiger partial charge in [-0.05, 0) is 30.7 Å². The maximum atomic E-state index is 9.16. The Morgan fingerprint density at radius 2 is 1.88 bits per heavy atom. The van der Waals surface area contributed by atoms with E-state index in [0.29, 0.717) is 13.2 Å². The van der Waals surface area contributed by atoms with E-state index in [1.165, 1.54) is 5.56 Å². The molecule has 0 heterocycles. The smallest absolute Gasteiger partial charge is 0.120 e. The molecule has 130 valence electrons. The zero-order valence-corrected chi connectivity index (χ0v) is 14.7. The van der Waals surface area contributed by atoms with Crippen molar-refractivity contribution in [3.63, 3.8) is 0 Å². The van der Waals surface area contributed by atoms with Crippen molar-refractivity contribution in [1.82, 2.24) is 10.6 Å². The summed E-state index contributed by atoms with van der Waals surface area (Å²) in [4.78, 5) is 0. The van der Waals surface area contributed by atoms with Crippen LogP contribution in [0.1, 0.15) is 18.1 Å². The summed E-state index contributed by atoms with van der Waals surface area (Å²) in [7, 11) is 0. The molecule has 2 aromatic rings. The monoisotopic (exact) mass is 348 g/mol. The predicted octanol–water partition coefficient (Wildman–Crippen LogP) is 2.98. The van der Waals surface area contributed by atoms with Gasteiger partial charge in [-0.1, -0.05) is 41.9 Å². The van der Waals surface area contributed by atoms with Crippen molar-refractivity contribution >= 4 is 11.6 Å². The number of rotatable bonds is 10. The van der Waals surface area contributed by atoms with Crippen LogP contribution in [0.15, 0.2) is 48.5 Å². The van der Waals surface area contributed by atoms with Crippen molar-refractivity contribution in [2.75, 3.05) is 19.6 Å². The molecule has 0 saturated carbocycles. The highest BCUT2D eigenvalue weighted by atomic mass is 35.5. The Balaban J connectivity index is 1.74. The molecule has 0 aliphatic rings. The summed E-state index contributed by atoms with van der Waals surface area (Å²) in [6, 6.07) is 15.7. The molecule has 0 fully saturated rings. The molecular weight excluding hydrogens is 324 g/mol. The molecular formula is C19H25ClN2O2. The van der Waals surface area contributed by atoms with E-state index in [1.807, 2.05) is 42.5 Å². The molecule has 0 amide bonds. The van der Waals surface area contributed by atoms with Gasteiger partial charge in [-0.15, -0.1) is 0 Å². The number of halogens is 1. The first-order chi connectivity index (χ1) is 11.6. The second-order valence-corrected chi connectivity index (χ2v) is 6.16. The van der Waals surface area contributed by atoms with E-state index in [2.05, 4.69) is 16.7 Å². The Hall–Kier alpha value is -1.59. The van der Waals surface area contributed by atoms with Crippen molar-refractivity contribution in [2.24, 2.45) is 0 Å². The van der Waals surface area contributed by atoms with Gasteiger partial charge in [0.1, 0.15) is 12.4 Å². The third-order valence-corrected chi connectivity index (χ3v) is 3.87. The average Bonchev–Trinajstić information content (AvgIpc) is 2.57. The van der Waals surface area contributed by atoms with Crippen LogP contribution in [0.5, 0.6) is 5.75 Å². The van der Waals surface area contributed by atoms with E-state index in [-0.39, 0.29) is 6.10 Å². The fourth-order valence-electron chi connectivity index (χ4n) is 2.24. The fraction of sp³-hybridized carbons (Fsp3) is 0.368. The molecule has 3 N–H and O–H groups in total.